The summed E-state index contributed by atoms with van der Waals surface area (Å²) in [5.74, 6) is -1.71. The van der Waals surface area contributed by atoms with E-state index in [1.807, 2.05) is 0 Å². The number of carbonyl (C=O) groups excluding carboxylic acids is 6. The molecule has 4 saturated carbocycles. The topological polar surface area (TPSA) is 167 Å². The lowest BCUT2D eigenvalue weighted by atomic mass is 9.44. The largest absolute Gasteiger partial charge is 0.467 e. The van der Waals surface area contributed by atoms with Crippen LogP contribution in [0.2, 0.25) is 0 Å². The monoisotopic (exact) mass is 692 g/mol. The van der Waals surface area contributed by atoms with E-state index in [9.17, 15) is 28.8 Å². The molecule has 0 spiro atoms. The minimum atomic E-state index is -1.49. The van der Waals surface area contributed by atoms with Gasteiger partial charge in [-0.2, -0.15) is 0 Å². The van der Waals surface area contributed by atoms with Crippen molar-refractivity contribution in [3.8, 4) is 0 Å². The van der Waals surface area contributed by atoms with Crippen LogP contribution in [0.4, 0.5) is 0 Å². The quantitative estimate of drug-likeness (QED) is 0.194. The maximum Gasteiger partial charge on any atom is 0.339 e. The molecule has 0 aromatic rings. The molecule has 49 heavy (non-hydrogen) atoms. The van der Waals surface area contributed by atoms with E-state index in [4.69, 9.17) is 33.2 Å². The normalized spacial score (nSPS) is 41.2. The molecule has 1 aliphatic heterocycles. The average molecular weight is 693 g/mol. The number of Topliss-reactive ketones (excluding diaryl/α,β-unsaturated/α-hetero) is 1. The van der Waals surface area contributed by atoms with Crippen molar-refractivity contribution in [1.29, 1.82) is 0 Å². The highest BCUT2D eigenvalue weighted by molar-refractivity contribution is 5.85. The molecule has 5 aliphatic rings. The predicted octanol–water partition coefficient (Wildman–Crippen LogP) is 3.86. The van der Waals surface area contributed by atoms with Gasteiger partial charge in [-0.3, -0.25) is 24.0 Å². The smallest absolute Gasteiger partial charge is 0.339 e. The van der Waals surface area contributed by atoms with E-state index < -0.39 is 60.6 Å². The van der Waals surface area contributed by atoms with E-state index in [0.717, 1.165) is 72.3 Å². The SMILES string of the molecule is COC(=O)[C@@H]1O[C@@H](O[C@@H]2CC[C@]3(C)[C@H](CC[C@H]4[C@H]5CC[C@@H](C(=O)COC(C)=O)[C@@]5(C)CC[C@@H]43)C2)[C@H](OC(C)=O)[C@@H](OC(C)=O)[C@@H]1OC(C)=O. The van der Waals surface area contributed by atoms with Gasteiger partial charge in [0, 0.05) is 33.6 Å². The highest BCUT2D eigenvalue weighted by Gasteiger charge is 2.62. The van der Waals surface area contributed by atoms with Crippen molar-refractivity contribution in [1.82, 2.24) is 0 Å². The standard InChI is InChI=1S/C36H52O13/c1-18(37)44-17-28(41)27-11-10-25-24-9-8-22-16-23(12-14-35(22,5)26(24)13-15-36(25,27)6)48-34-32(47-21(4)40)30(46-20(3)39)29(45-19(2)38)31(49-34)33(42)43-7/h22-27,29-32,34H,8-17H2,1-7H3/t22-,23-,24+,25-,26+,27+,29+,30+,31-,32-,34-,35-,36+/m1/s1. The first-order valence-corrected chi connectivity index (χ1v) is 17.7. The molecule has 0 radical (unpaired) electrons. The minimum absolute atomic E-state index is 0.0396. The summed E-state index contributed by atoms with van der Waals surface area (Å²) in [6, 6.07) is 0. The highest BCUT2D eigenvalue weighted by atomic mass is 16.7. The zero-order valence-electron chi connectivity index (χ0n) is 29.7. The number of ether oxygens (including phenoxy) is 7. The van der Waals surface area contributed by atoms with Gasteiger partial charge in [-0.15, -0.1) is 0 Å². The van der Waals surface area contributed by atoms with Crippen LogP contribution in [0.5, 0.6) is 0 Å². The van der Waals surface area contributed by atoms with E-state index in [0.29, 0.717) is 30.1 Å². The first kappa shape index (κ1) is 37.2. The van der Waals surface area contributed by atoms with E-state index in [1.54, 1.807) is 0 Å². The van der Waals surface area contributed by atoms with Crippen molar-refractivity contribution in [2.45, 2.75) is 136 Å². The molecule has 0 aromatic heterocycles. The van der Waals surface area contributed by atoms with Crippen molar-refractivity contribution in [2.24, 2.45) is 40.4 Å². The zero-order valence-corrected chi connectivity index (χ0v) is 29.7. The summed E-state index contributed by atoms with van der Waals surface area (Å²) in [5.41, 5.74) is -0.0213. The van der Waals surface area contributed by atoms with Gasteiger partial charge in [0.05, 0.1) is 13.2 Å². The van der Waals surface area contributed by atoms with E-state index in [-0.39, 0.29) is 35.2 Å². The fourth-order valence-electron chi connectivity index (χ4n) is 10.5. The molecule has 13 nitrogen and oxygen atoms in total. The van der Waals surface area contributed by atoms with Gasteiger partial charge in [-0.25, -0.2) is 4.79 Å². The number of carbonyl (C=O) groups is 6. The van der Waals surface area contributed by atoms with Crippen molar-refractivity contribution < 1.29 is 61.9 Å². The summed E-state index contributed by atoms with van der Waals surface area (Å²) in [6.45, 7) is 9.35. The maximum absolute atomic E-state index is 13.2. The molecule has 0 bridgehead atoms. The Morgan fingerprint density at radius 3 is 1.94 bits per heavy atom. The van der Waals surface area contributed by atoms with Gasteiger partial charge < -0.3 is 33.2 Å². The lowest BCUT2D eigenvalue weighted by Gasteiger charge is -2.61. The molecule has 1 heterocycles. The lowest BCUT2D eigenvalue weighted by molar-refractivity contribution is -0.315. The maximum atomic E-state index is 13.2. The first-order chi connectivity index (χ1) is 23.1. The number of rotatable bonds is 9. The Balaban J connectivity index is 1.31. The van der Waals surface area contributed by atoms with Crippen molar-refractivity contribution in [3.63, 3.8) is 0 Å². The molecular weight excluding hydrogens is 640 g/mol. The van der Waals surface area contributed by atoms with Crippen LogP contribution in [0.3, 0.4) is 0 Å². The molecule has 1 saturated heterocycles. The molecule has 0 unspecified atom stereocenters. The fourth-order valence-corrected chi connectivity index (χ4v) is 10.5. The summed E-state index contributed by atoms with van der Waals surface area (Å²) in [7, 11) is 1.16. The van der Waals surface area contributed by atoms with E-state index >= 15 is 0 Å². The van der Waals surface area contributed by atoms with Crippen LogP contribution in [-0.2, 0) is 61.9 Å². The van der Waals surface area contributed by atoms with Crippen LogP contribution >= 0.6 is 0 Å². The molecule has 5 fully saturated rings. The molecule has 5 rings (SSSR count). The lowest BCUT2D eigenvalue weighted by Crippen LogP contribution is -2.64. The zero-order chi connectivity index (χ0) is 35.8. The highest BCUT2D eigenvalue weighted by Crippen LogP contribution is 2.67. The molecule has 0 amide bonds. The molecule has 4 aliphatic carbocycles. The van der Waals surface area contributed by atoms with Gasteiger partial charge in [0.2, 0.25) is 0 Å². The van der Waals surface area contributed by atoms with Crippen molar-refractivity contribution >= 4 is 35.6 Å². The van der Waals surface area contributed by atoms with Gasteiger partial charge in [-0.05, 0) is 92.3 Å². The summed E-state index contributed by atoms with van der Waals surface area (Å²) in [5, 5.41) is 0. The summed E-state index contributed by atoms with van der Waals surface area (Å²) >= 11 is 0. The summed E-state index contributed by atoms with van der Waals surface area (Å²) in [6.07, 6.45) is 1.01. The number of hydrogen-bond acceptors (Lipinski definition) is 13. The van der Waals surface area contributed by atoms with Crippen LogP contribution in [0.15, 0.2) is 0 Å². The summed E-state index contributed by atoms with van der Waals surface area (Å²) < 4.78 is 39.0. The van der Waals surface area contributed by atoms with Gasteiger partial charge in [-0.1, -0.05) is 13.8 Å². The minimum Gasteiger partial charge on any atom is -0.467 e. The van der Waals surface area contributed by atoms with Crippen molar-refractivity contribution in [2.75, 3.05) is 13.7 Å². The van der Waals surface area contributed by atoms with Gasteiger partial charge in [0.25, 0.3) is 0 Å². The van der Waals surface area contributed by atoms with Crippen LogP contribution < -0.4 is 0 Å². The van der Waals surface area contributed by atoms with Gasteiger partial charge in [0.15, 0.2) is 36.5 Å². The predicted molar refractivity (Wildman–Crippen MR) is 169 cm³/mol. The van der Waals surface area contributed by atoms with Crippen LogP contribution in [0, 0.1) is 40.4 Å². The van der Waals surface area contributed by atoms with Crippen LogP contribution in [0.1, 0.15) is 99.3 Å². The Morgan fingerprint density at radius 2 is 1.31 bits per heavy atom. The molecular formula is C36H52O13. The Kier molecular flexibility index (Phi) is 11.1. The Bertz CT molecular complexity index is 1310. The number of methoxy groups -OCH3 is 1. The van der Waals surface area contributed by atoms with Gasteiger partial charge in [0.1, 0.15) is 6.61 Å². The molecule has 0 N–H and O–H groups in total. The van der Waals surface area contributed by atoms with E-state index in [2.05, 4.69) is 13.8 Å². The molecule has 0 aromatic carbocycles. The molecule has 13 atom stereocenters. The van der Waals surface area contributed by atoms with Crippen LogP contribution in [0.25, 0.3) is 0 Å². The van der Waals surface area contributed by atoms with Crippen LogP contribution in [-0.4, -0.2) is 86.2 Å². The number of esters is 5. The van der Waals surface area contributed by atoms with E-state index in [1.165, 1.54) is 13.8 Å². The first-order valence-electron chi connectivity index (χ1n) is 17.7. The fraction of sp³-hybridized carbons (Fsp3) is 0.833. The number of ketones is 1. The Labute approximate surface area is 287 Å². The number of fused-ring (bicyclic) bond motifs is 5. The molecule has 274 valence electrons. The van der Waals surface area contributed by atoms with Gasteiger partial charge >= 0.3 is 29.8 Å². The molecule has 13 heteroatoms. The Hall–Kier alpha value is -3.06. The second-order valence-electron chi connectivity index (χ2n) is 15.3. The Morgan fingerprint density at radius 1 is 0.694 bits per heavy atom. The average Bonchev–Trinajstić information content (AvgIpc) is 3.39. The third-order valence-corrected chi connectivity index (χ3v) is 12.6. The second kappa shape index (κ2) is 14.7. The third kappa shape index (κ3) is 7.38. The number of hydrogen-bond donors (Lipinski definition) is 0. The third-order valence-electron chi connectivity index (χ3n) is 12.6. The second-order valence-corrected chi connectivity index (χ2v) is 15.3. The van der Waals surface area contributed by atoms with Crippen molar-refractivity contribution in [3.05, 3.63) is 0 Å². The summed E-state index contributed by atoms with van der Waals surface area (Å²) in [4.78, 5) is 73.8.